The number of hydrogen-bond donors (Lipinski definition) is 1. The Hall–Kier alpha value is -1.82. The molecule has 1 aliphatic carbocycles. The Kier molecular flexibility index (Phi) is 5.63. The van der Waals surface area contributed by atoms with Gasteiger partial charge in [0.15, 0.2) is 5.76 Å². The monoisotopic (exact) mass is 405 g/mol. The molecule has 0 atom stereocenters. The fraction of sp³-hybridized carbons (Fsp3) is 0.591. The molecule has 5 nitrogen and oxygen atoms in total. The summed E-state index contributed by atoms with van der Waals surface area (Å²) in [5.41, 5.74) is 3.79. The molecule has 154 valence electrons. The normalized spacial score (nSPS) is 25.3. The van der Waals surface area contributed by atoms with Gasteiger partial charge in [-0.15, -0.1) is 0 Å². The SMILES string of the molecule is CCc1cc(C)cc(CC)c1C1=C(OS(C)(=O)=O)C2(CCC(C)CC2)NC1=O. The van der Waals surface area contributed by atoms with Gasteiger partial charge in [0.1, 0.15) is 5.54 Å². The van der Waals surface area contributed by atoms with Crippen molar-refractivity contribution in [2.24, 2.45) is 5.92 Å². The molecule has 1 N–H and O–H groups in total. The molecule has 28 heavy (non-hydrogen) atoms. The van der Waals surface area contributed by atoms with Gasteiger partial charge in [-0.1, -0.05) is 38.5 Å². The minimum absolute atomic E-state index is 0.221. The van der Waals surface area contributed by atoms with Gasteiger partial charge in [-0.25, -0.2) is 0 Å². The summed E-state index contributed by atoms with van der Waals surface area (Å²) in [5.74, 6) is 0.643. The van der Waals surface area contributed by atoms with Crippen LogP contribution in [0, 0.1) is 12.8 Å². The molecule has 0 unspecified atom stereocenters. The molecular weight excluding hydrogens is 374 g/mol. The van der Waals surface area contributed by atoms with Gasteiger partial charge in [0.2, 0.25) is 0 Å². The highest BCUT2D eigenvalue weighted by atomic mass is 32.2. The molecule has 0 bridgehead atoms. The lowest BCUT2D eigenvalue weighted by atomic mass is 9.76. The Morgan fingerprint density at radius 3 is 2.14 bits per heavy atom. The Morgan fingerprint density at radius 2 is 1.68 bits per heavy atom. The molecule has 0 aromatic heterocycles. The maximum absolute atomic E-state index is 13.2. The third-order valence-electron chi connectivity index (χ3n) is 6.06. The number of rotatable bonds is 5. The van der Waals surface area contributed by atoms with Gasteiger partial charge in [-0.2, -0.15) is 8.42 Å². The van der Waals surface area contributed by atoms with Crippen molar-refractivity contribution in [2.45, 2.75) is 71.8 Å². The van der Waals surface area contributed by atoms with Crippen LogP contribution in [0.15, 0.2) is 17.9 Å². The second kappa shape index (κ2) is 7.54. The van der Waals surface area contributed by atoms with Crippen molar-refractivity contribution < 1.29 is 17.4 Å². The highest BCUT2D eigenvalue weighted by Crippen LogP contribution is 2.46. The number of benzene rings is 1. The third-order valence-corrected chi connectivity index (χ3v) is 6.53. The summed E-state index contributed by atoms with van der Waals surface area (Å²) in [6.07, 6.45) is 5.83. The van der Waals surface area contributed by atoms with Crippen molar-refractivity contribution in [3.63, 3.8) is 0 Å². The fourth-order valence-corrected chi connectivity index (χ4v) is 5.15. The summed E-state index contributed by atoms with van der Waals surface area (Å²) in [6, 6.07) is 4.17. The van der Waals surface area contributed by atoms with E-state index in [2.05, 4.69) is 38.2 Å². The lowest BCUT2D eigenvalue weighted by Gasteiger charge is -2.37. The number of carbonyl (C=O) groups excluding carboxylic acids is 1. The second-order valence-electron chi connectivity index (χ2n) is 8.38. The van der Waals surface area contributed by atoms with Gasteiger partial charge in [0, 0.05) is 0 Å². The Balaban J connectivity index is 2.28. The van der Waals surface area contributed by atoms with E-state index < -0.39 is 15.7 Å². The van der Waals surface area contributed by atoms with Gasteiger partial charge in [-0.3, -0.25) is 4.79 Å². The van der Waals surface area contributed by atoms with Crippen molar-refractivity contribution >= 4 is 21.6 Å². The minimum atomic E-state index is -3.76. The molecule has 1 saturated carbocycles. The van der Waals surface area contributed by atoms with Gasteiger partial charge < -0.3 is 9.50 Å². The van der Waals surface area contributed by atoms with Crippen LogP contribution in [0.3, 0.4) is 0 Å². The largest absolute Gasteiger partial charge is 0.384 e. The molecule has 1 fully saturated rings. The molecule has 1 aliphatic heterocycles. The Bertz CT molecular complexity index is 897. The first-order chi connectivity index (χ1) is 13.1. The lowest BCUT2D eigenvalue weighted by Crippen LogP contribution is -2.47. The zero-order valence-corrected chi connectivity index (χ0v) is 18.3. The van der Waals surface area contributed by atoms with Gasteiger partial charge in [0.05, 0.1) is 11.8 Å². The van der Waals surface area contributed by atoms with Gasteiger partial charge in [-0.05, 0) is 68.1 Å². The zero-order valence-electron chi connectivity index (χ0n) is 17.5. The van der Waals surface area contributed by atoms with Gasteiger partial charge >= 0.3 is 10.1 Å². The van der Waals surface area contributed by atoms with E-state index in [1.807, 2.05) is 6.92 Å². The molecule has 6 heteroatoms. The first-order valence-electron chi connectivity index (χ1n) is 10.2. The molecule has 0 saturated heterocycles. The van der Waals surface area contributed by atoms with E-state index >= 15 is 0 Å². The smallest absolute Gasteiger partial charge is 0.306 e. The molecule has 1 heterocycles. The predicted molar refractivity (Wildman–Crippen MR) is 111 cm³/mol. The van der Waals surface area contributed by atoms with E-state index in [4.69, 9.17) is 4.18 Å². The maximum atomic E-state index is 13.2. The Morgan fingerprint density at radius 1 is 1.14 bits per heavy atom. The van der Waals surface area contributed by atoms with Crippen molar-refractivity contribution in [3.8, 4) is 0 Å². The predicted octanol–water partition coefficient (Wildman–Crippen LogP) is 3.89. The molecule has 2 aliphatic rings. The van der Waals surface area contributed by atoms with Crippen LogP contribution in [0.1, 0.15) is 68.7 Å². The van der Waals surface area contributed by atoms with Crippen LogP contribution < -0.4 is 5.32 Å². The summed E-state index contributed by atoms with van der Waals surface area (Å²) in [6.45, 7) is 8.35. The number of aryl methyl sites for hydroxylation is 3. The van der Waals surface area contributed by atoms with Crippen molar-refractivity contribution in [1.82, 2.24) is 5.32 Å². The maximum Gasteiger partial charge on any atom is 0.306 e. The summed E-state index contributed by atoms with van der Waals surface area (Å²) >= 11 is 0. The highest BCUT2D eigenvalue weighted by molar-refractivity contribution is 7.86. The topological polar surface area (TPSA) is 72.5 Å². The summed E-state index contributed by atoms with van der Waals surface area (Å²) in [7, 11) is -3.76. The van der Waals surface area contributed by atoms with Crippen LogP contribution in [-0.4, -0.2) is 26.1 Å². The number of hydrogen-bond acceptors (Lipinski definition) is 4. The second-order valence-corrected chi connectivity index (χ2v) is 9.95. The average molecular weight is 406 g/mol. The van der Waals surface area contributed by atoms with E-state index in [0.29, 0.717) is 30.1 Å². The molecule has 3 rings (SSSR count). The number of amides is 1. The molecule has 1 aromatic carbocycles. The summed E-state index contributed by atoms with van der Waals surface area (Å²) in [4.78, 5) is 13.2. The molecule has 1 aromatic rings. The highest BCUT2D eigenvalue weighted by Gasteiger charge is 2.50. The average Bonchev–Trinajstić information content (AvgIpc) is 2.86. The number of carbonyl (C=O) groups is 1. The number of nitrogens with one attached hydrogen (secondary N) is 1. The van der Waals surface area contributed by atoms with Crippen molar-refractivity contribution in [2.75, 3.05) is 6.26 Å². The van der Waals surface area contributed by atoms with E-state index in [-0.39, 0.29) is 5.91 Å². The van der Waals surface area contributed by atoms with E-state index in [0.717, 1.165) is 54.2 Å². The van der Waals surface area contributed by atoms with E-state index in [9.17, 15) is 13.2 Å². The van der Waals surface area contributed by atoms with E-state index in [1.54, 1.807) is 0 Å². The summed E-state index contributed by atoms with van der Waals surface area (Å²) in [5, 5.41) is 3.13. The van der Waals surface area contributed by atoms with Crippen LogP contribution in [0.2, 0.25) is 0 Å². The van der Waals surface area contributed by atoms with Crippen LogP contribution in [0.5, 0.6) is 0 Å². The van der Waals surface area contributed by atoms with Crippen molar-refractivity contribution in [3.05, 3.63) is 40.1 Å². The van der Waals surface area contributed by atoms with Crippen LogP contribution in [0.4, 0.5) is 0 Å². The molecular formula is C22H31NO4S. The minimum Gasteiger partial charge on any atom is -0.384 e. The first-order valence-corrected chi connectivity index (χ1v) is 12.0. The lowest BCUT2D eigenvalue weighted by molar-refractivity contribution is -0.116. The first kappa shape index (κ1) is 20.9. The summed E-state index contributed by atoms with van der Waals surface area (Å²) < 4.78 is 29.8. The zero-order chi connectivity index (χ0) is 20.7. The molecule has 1 spiro atoms. The quantitative estimate of drug-likeness (QED) is 0.755. The third kappa shape index (κ3) is 3.84. The fourth-order valence-electron chi connectivity index (χ4n) is 4.61. The van der Waals surface area contributed by atoms with Crippen molar-refractivity contribution in [1.29, 1.82) is 0 Å². The van der Waals surface area contributed by atoms with Crippen LogP contribution >= 0.6 is 0 Å². The standard InChI is InChI=1S/C22H31NO4S/c1-6-16-12-15(4)13-17(7-2)18(16)19-20(27-28(5,25)26)22(23-21(19)24)10-8-14(3)9-11-22/h12-14H,6-11H2,1-5H3,(H,23,24). The molecule has 0 radical (unpaired) electrons. The Labute approximate surface area is 168 Å². The van der Waals surface area contributed by atoms with Crippen LogP contribution in [0.25, 0.3) is 5.57 Å². The van der Waals surface area contributed by atoms with Gasteiger partial charge in [0.25, 0.3) is 5.91 Å². The van der Waals surface area contributed by atoms with Crippen LogP contribution in [-0.2, 0) is 31.9 Å². The molecule has 1 amide bonds. The van der Waals surface area contributed by atoms with E-state index in [1.165, 1.54) is 0 Å².